The van der Waals surface area contributed by atoms with Crippen molar-refractivity contribution in [2.45, 2.75) is 44.5 Å². The molecule has 3 heterocycles. The highest BCUT2D eigenvalue weighted by Crippen LogP contribution is 2.33. The zero-order valence-electron chi connectivity index (χ0n) is 10.0. The zero-order valence-corrected chi connectivity index (χ0v) is 10.0. The monoisotopic (exact) mass is 231 g/mol. The highest BCUT2D eigenvalue weighted by atomic mass is 16.6. The van der Waals surface area contributed by atoms with Gasteiger partial charge >= 0.3 is 5.97 Å². The lowest BCUT2D eigenvalue weighted by atomic mass is 9.90. The topological polar surface area (TPSA) is 29.5 Å². The van der Waals surface area contributed by atoms with E-state index in [1.54, 1.807) is 0 Å². The van der Waals surface area contributed by atoms with E-state index in [0.717, 1.165) is 19.4 Å². The van der Waals surface area contributed by atoms with Crippen molar-refractivity contribution in [2.75, 3.05) is 0 Å². The molecule has 0 aliphatic carbocycles. The lowest BCUT2D eigenvalue weighted by Crippen LogP contribution is -2.61. The maximum absolute atomic E-state index is 11.7. The third-order valence-corrected chi connectivity index (χ3v) is 3.93. The van der Waals surface area contributed by atoms with Gasteiger partial charge in [0, 0.05) is 12.6 Å². The van der Waals surface area contributed by atoms with Gasteiger partial charge in [-0.05, 0) is 25.3 Å². The van der Waals surface area contributed by atoms with Gasteiger partial charge < -0.3 is 4.74 Å². The van der Waals surface area contributed by atoms with Crippen LogP contribution in [0.15, 0.2) is 30.3 Å². The first-order valence-corrected chi connectivity index (χ1v) is 6.26. The third kappa shape index (κ3) is 1.84. The molecule has 3 heteroatoms. The number of piperidine rings is 1. The van der Waals surface area contributed by atoms with Crippen molar-refractivity contribution in [2.24, 2.45) is 0 Å². The van der Waals surface area contributed by atoms with Gasteiger partial charge in [0.25, 0.3) is 0 Å². The number of morpholine rings is 1. The van der Waals surface area contributed by atoms with E-state index in [1.165, 1.54) is 5.56 Å². The van der Waals surface area contributed by atoms with Gasteiger partial charge in [0.05, 0.1) is 0 Å². The van der Waals surface area contributed by atoms with E-state index in [-0.39, 0.29) is 18.1 Å². The van der Waals surface area contributed by atoms with Crippen molar-refractivity contribution in [3.05, 3.63) is 35.9 Å². The number of benzene rings is 1. The summed E-state index contributed by atoms with van der Waals surface area (Å²) in [6.07, 6.45) is 2.06. The van der Waals surface area contributed by atoms with Crippen molar-refractivity contribution in [3.8, 4) is 0 Å². The molecule has 3 nitrogen and oxygen atoms in total. The summed E-state index contributed by atoms with van der Waals surface area (Å²) in [7, 11) is 0. The van der Waals surface area contributed by atoms with Crippen LogP contribution in [0.4, 0.5) is 0 Å². The number of rotatable bonds is 2. The summed E-state index contributed by atoms with van der Waals surface area (Å²) in [4.78, 5) is 14.0. The Morgan fingerprint density at radius 1 is 1.29 bits per heavy atom. The first-order valence-electron chi connectivity index (χ1n) is 6.26. The van der Waals surface area contributed by atoms with Crippen LogP contribution in [-0.4, -0.2) is 29.1 Å². The average molecular weight is 231 g/mol. The molecule has 0 N–H and O–H groups in total. The number of ether oxygens (including phenoxy) is 1. The fraction of sp³-hybridized carbons (Fsp3) is 0.500. The van der Waals surface area contributed by atoms with Gasteiger partial charge in [-0.15, -0.1) is 0 Å². The molecule has 3 fully saturated rings. The quantitative estimate of drug-likeness (QED) is 0.729. The summed E-state index contributed by atoms with van der Waals surface area (Å²) in [5, 5.41) is 0. The third-order valence-electron chi connectivity index (χ3n) is 3.93. The van der Waals surface area contributed by atoms with Crippen LogP contribution in [0.2, 0.25) is 0 Å². The summed E-state index contributed by atoms with van der Waals surface area (Å²) in [5.74, 6) is -0.0321. The van der Waals surface area contributed by atoms with Crippen molar-refractivity contribution in [3.63, 3.8) is 0 Å². The molecule has 0 saturated carbocycles. The van der Waals surface area contributed by atoms with Crippen LogP contribution in [0, 0.1) is 0 Å². The van der Waals surface area contributed by atoms with E-state index in [2.05, 4.69) is 24.0 Å². The SMILES string of the molecule is CC1C2CCC(C(=O)O2)N1Cc1ccccc1. The molecule has 4 rings (SSSR count). The van der Waals surface area contributed by atoms with Crippen LogP contribution >= 0.6 is 0 Å². The standard InChI is InChI=1S/C14H17NO2/c1-10-13-8-7-12(14(16)17-13)15(10)9-11-5-3-2-4-6-11/h2-6,10,12-13H,7-9H2,1H3. The molecule has 3 atom stereocenters. The molecular weight excluding hydrogens is 214 g/mol. The molecule has 17 heavy (non-hydrogen) atoms. The molecule has 3 aliphatic rings. The molecule has 3 aliphatic heterocycles. The van der Waals surface area contributed by atoms with Crippen molar-refractivity contribution >= 4 is 5.97 Å². The summed E-state index contributed by atoms with van der Waals surface area (Å²) >= 11 is 0. The number of carbonyl (C=O) groups excluding carboxylic acids is 1. The van der Waals surface area contributed by atoms with Gasteiger partial charge in [-0.3, -0.25) is 9.69 Å². The fourth-order valence-corrected chi connectivity index (χ4v) is 2.91. The Morgan fingerprint density at radius 2 is 2.06 bits per heavy atom. The molecule has 3 unspecified atom stereocenters. The Bertz CT molecular complexity index is 417. The van der Waals surface area contributed by atoms with E-state index in [9.17, 15) is 4.79 Å². The molecular formula is C14H17NO2. The van der Waals surface area contributed by atoms with Crippen LogP contribution < -0.4 is 0 Å². The van der Waals surface area contributed by atoms with Crippen molar-refractivity contribution in [1.29, 1.82) is 0 Å². The van der Waals surface area contributed by atoms with Crippen LogP contribution in [0.3, 0.4) is 0 Å². The summed E-state index contributed by atoms with van der Waals surface area (Å²) in [5.41, 5.74) is 1.26. The minimum absolute atomic E-state index is 0.0321. The van der Waals surface area contributed by atoms with E-state index >= 15 is 0 Å². The lowest BCUT2D eigenvalue weighted by molar-refractivity contribution is -0.185. The smallest absolute Gasteiger partial charge is 0.323 e. The number of nitrogens with zero attached hydrogens (tertiary/aromatic N) is 1. The van der Waals surface area contributed by atoms with Gasteiger partial charge in [0.2, 0.25) is 0 Å². The molecule has 90 valence electrons. The zero-order chi connectivity index (χ0) is 11.8. The average Bonchev–Trinajstić information content (AvgIpc) is 2.35. The maximum atomic E-state index is 11.7. The predicted molar refractivity (Wildman–Crippen MR) is 64.3 cm³/mol. The van der Waals surface area contributed by atoms with Gasteiger partial charge in [0.1, 0.15) is 12.1 Å². The fourth-order valence-electron chi connectivity index (χ4n) is 2.91. The van der Waals surface area contributed by atoms with E-state index < -0.39 is 0 Å². The molecule has 1 aromatic carbocycles. The molecule has 1 aromatic rings. The maximum Gasteiger partial charge on any atom is 0.323 e. The molecule has 0 aromatic heterocycles. The number of carbonyl (C=O) groups is 1. The van der Waals surface area contributed by atoms with Crippen molar-refractivity contribution in [1.82, 2.24) is 4.90 Å². The minimum Gasteiger partial charge on any atom is -0.460 e. The first-order chi connectivity index (χ1) is 8.25. The van der Waals surface area contributed by atoms with Gasteiger partial charge in [0.15, 0.2) is 0 Å². The largest absolute Gasteiger partial charge is 0.460 e. The predicted octanol–water partition coefficient (Wildman–Crippen LogP) is 1.96. The van der Waals surface area contributed by atoms with E-state index in [0.29, 0.717) is 6.04 Å². The van der Waals surface area contributed by atoms with E-state index in [4.69, 9.17) is 4.74 Å². The molecule has 0 amide bonds. The van der Waals surface area contributed by atoms with Gasteiger partial charge in [-0.1, -0.05) is 30.3 Å². The molecule has 0 radical (unpaired) electrons. The highest BCUT2D eigenvalue weighted by molar-refractivity contribution is 5.77. The normalized spacial score (nSPS) is 32.5. The lowest BCUT2D eigenvalue weighted by Gasteiger charge is -2.48. The Balaban J connectivity index is 1.81. The first kappa shape index (κ1) is 10.8. The number of hydrogen-bond acceptors (Lipinski definition) is 3. The van der Waals surface area contributed by atoms with E-state index in [1.807, 2.05) is 18.2 Å². The Kier molecular flexibility index (Phi) is 2.63. The summed E-state index contributed by atoms with van der Waals surface area (Å²) < 4.78 is 5.38. The highest BCUT2D eigenvalue weighted by Gasteiger charge is 2.46. The van der Waals surface area contributed by atoms with Crippen molar-refractivity contribution < 1.29 is 9.53 Å². The van der Waals surface area contributed by atoms with Crippen LogP contribution in [0.25, 0.3) is 0 Å². The number of fused-ring (bicyclic) bond motifs is 3. The Labute approximate surface area is 101 Å². The number of hydrogen-bond donors (Lipinski definition) is 0. The molecule has 3 saturated heterocycles. The summed E-state index contributed by atoms with van der Waals surface area (Å²) in [6.45, 7) is 3.00. The Morgan fingerprint density at radius 3 is 2.76 bits per heavy atom. The van der Waals surface area contributed by atoms with Crippen LogP contribution in [-0.2, 0) is 16.1 Å². The second-order valence-electron chi connectivity index (χ2n) is 4.97. The van der Waals surface area contributed by atoms with Gasteiger partial charge in [-0.25, -0.2) is 0 Å². The second kappa shape index (κ2) is 4.15. The van der Waals surface area contributed by atoms with Crippen LogP contribution in [0.5, 0.6) is 0 Å². The molecule has 2 bridgehead atoms. The minimum atomic E-state index is -0.0322. The van der Waals surface area contributed by atoms with Crippen LogP contribution in [0.1, 0.15) is 25.3 Å². The second-order valence-corrected chi connectivity index (χ2v) is 4.97. The molecule has 0 spiro atoms. The van der Waals surface area contributed by atoms with Gasteiger partial charge in [-0.2, -0.15) is 0 Å². The number of esters is 1. The Hall–Kier alpha value is -1.35. The summed E-state index contributed by atoms with van der Waals surface area (Å²) in [6, 6.07) is 10.6.